The molecular weight excluding hydrogens is 244 g/mol. The summed E-state index contributed by atoms with van der Waals surface area (Å²) in [5, 5.41) is 13.3. The molecule has 1 aromatic carbocycles. The molecule has 90 valence electrons. The molecule has 0 aliphatic carbocycles. The molecule has 5 nitrogen and oxygen atoms in total. The molecule has 17 heavy (non-hydrogen) atoms. The fraction of sp³-hybridized carbons (Fsp3) is 0.273. The van der Waals surface area contributed by atoms with Crippen LogP contribution in [0.4, 0.5) is 0 Å². The third-order valence-corrected chi connectivity index (χ3v) is 2.43. The maximum atomic E-state index is 9.16. The van der Waals surface area contributed by atoms with Crippen molar-refractivity contribution in [3.05, 3.63) is 40.5 Å². The third kappa shape index (κ3) is 2.75. The minimum atomic E-state index is -0.138. The van der Waals surface area contributed by atoms with Crippen LogP contribution in [0.3, 0.4) is 0 Å². The van der Waals surface area contributed by atoms with E-state index in [4.69, 9.17) is 26.0 Å². The van der Waals surface area contributed by atoms with Gasteiger partial charge in [-0.2, -0.15) is 4.98 Å². The highest BCUT2D eigenvalue weighted by molar-refractivity contribution is 6.32. The standard InChI is InChI=1S/C11H11ClN2O3/c1-7-13-10(14-17-7)6-16-11-8(5-15)3-2-4-9(11)12/h2-4,15H,5-6H2,1H3. The van der Waals surface area contributed by atoms with Gasteiger partial charge >= 0.3 is 0 Å². The average Bonchev–Trinajstić information content (AvgIpc) is 2.73. The van der Waals surface area contributed by atoms with Crippen LogP contribution in [-0.2, 0) is 13.2 Å². The van der Waals surface area contributed by atoms with Crippen molar-refractivity contribution in [1.29, 1.82) is 0 Å². The Hall–Kier alpha value is -1.59. The Morgan fingerprint density at radius 2 is 2.29 bits per heavy atom. The SMILES string of the molecule is Cc1nc(COc2c(Cl)cccc2CO)no1. The number of ether oxygens (including phenoxy) is 1. The quantitative estimate of drug-likeness (QED) is 0.905. The van der Waals surface area contributed by atoms with Crippen molar-refractivity contribution in [2.45, 2.75) is 20.1 Å². The molecule has 0 saturated heterocycles. The predicted octanol–water partition coefficient (Wildman–Crippen LogP) is 2.10. The molecule has 0 spiro atoms. The van der Waals surface area contributed by atoms with Crippen molar-refractivity contribution >= 4 is 11.6 Å². The van der Waals surface area contributed by atoms with Gasteiger partial charge in [-0.3, -0.25) is 0 Å². The van der Waals surface area contributed by atoms with E-state index in [2.05, 4.69) is 10.1 Å². The molecule has 1 N–H and O–H groups in total. The molecule has 1 aromatic heterocycles. The minimum Gasteiger partial charge on any atom is -0.484 e. The van der Waals surface area contributed by atoms with Crippen LogP contribution in [0.25, 0.3) is 0 Å². The number of rotatable bonds is 4. The molecule has 0 aliphatic heterocycles. The first-order valence-corrected chi connectivity index (χ1v) is 5.38. The number of aliphatic hydroxyl groups excluding tert-OH is 1. The van der Waals surface area contributed by atoms with Crippen LogP contribution in [0.2, 0.25) is 5.02 Å². The molecule has 6 heteroatoms. The normalized spacial score (nSPS) is 10.5. The highest BCUT2D eigenvalue weighted by Gasteiger charge is 2.09. The van der Waals surface area contributed by atoms with Gasteiger partial charge in [0.25, 0.3) is 0 Å². The molecule has 0 aliphatic rings. The first-order valence-electron chi connectivity index (χ1n) is 5.01. The summed E-state index contributed by atoms with van der Waals surface area (Å²) in [6.07, 6.45) is 0. The van der Waals surface area contributed by atoms with Crippen molar-refractivity contribution in [2.24, 2.45) is 0 Å². The zero-order valence-electron chi connectivity index (χ0n) is 9.18. The lowest BCUT2D eigenvalue weighted by Crippen LogP contribution is -2.01. The molecule has 2 rings (SSSR count). The summed E-state index contributed by atoms with van der Waals surface area (Å²) >= 11 is 5.98. The number of hydrogen-bond acceptors (Lipinski definition) is 5. The monoisotopic (exact) mass is 254 g/mol. The Balaban J connectivity index is 2.13. The summed E-state index contributed by atoms with van der Waals surface area (Å²) in [6.45, 7) is 1.71. The molecule has 0 radical (unpaired) electrons. The Morgan fingerprint density at radius 1 is 1.47 bits per heavy atom. The largest absolute Gasteiger partial charge is 0.484 e. The number of para-hydroxylation sites is 1. The topological polar surface area (TPSA) is 68.4 Å². The van der Waals surface area contributed by atoms with Crippen LogP contribution in [-0.4, -0.2) is 15.2 Å². The van der Waals surface area contributed by atoms with Gasteiger partial charge in [0.15, 0.2) is 6.61 Å². The molecular formula is C11H11ClN2O3. The van der Waals surface area contributed by atoms with Crippen LogP contribution in [0.1, 0.15) is 17.3 Å². The number of aliphatic hydroxyl groups is 1. The summed E-state index contributed by atoms with van der Waals surface area (Å²) in [4.78, 5) is 4.00. The van der Waals surface area contributed by atoms with Gasteiger partial charge in [0.05, 0.1) is 11.6 Å². The Morgan fingerprint density at radius 3 is 2.94 bits per heavy atom. The Labute approximate surface area is 103 Å². The zero-order chi connectivity index (χ0) is 12.3. The number of benzene rings is 1. The minimum absolute atomic E-state index is 0.138. The molecule has 0 amide bonds. The number of nitrogens with zero attached hydrogens (tertiary/aromatic N) is 2. The first kappa shape index (κ1) is 11.9. The maximum absolute atomic E-state index is 9.16. The van der Waals surface area contributed by atoms with E-state index in [0.717, 1.165) is 0 Å². The molecule has 0 unspecified atom stereocenters. The third-order valence-electron chi connectivity index (χ3n) is 2.13. The van der Waals surface area contributed by atoms with Crippen molar-refractivity contribution in [3.63, 3.8) is 0 Å². The van der Waals surface area contributed by atoms with Gasteiger partial charge in [-0.1, -0.05) is 28.9 Å². The molecule has 1 heterocycles. The second-order valence-electron chi connectivity index (χ2n) is 3.40. The van der Waals surface area contributed by atoms with Gasteiger partial charge in [0.2, 0.25) is 11.7 Å². The zero-order valence-corrected chi connectivity index (χ0v) is 9.94. The van der Waals surface area contributed by atoms with Crippen LogP contribution in [0.15, 0.2) is 22.7 Å². The van der Waals surface area contributed by atoms with E-state index in [9.17, 15) is 0 Å². The molecule has 2 aromatic rings. The lowest BCUT2D eigenvalue weighted by atomic mass is 10.2. The van der Waals surface area contributed by atoms with E-state index in [1.165, 1.54) is 0 Å². The van der Waals surface area contributed by atoms with E-state index < -0.39 is 0 Å². The van der Waals surface area contributed by atoms with E-state index in [-0.39, 0.29) is 13.2 Å². The molecule has 0 saturated carbocycles. The van der Waals surface area contributed by atoms with Gasteiger partial charge in [-0.15, -0.1) is 0 Å². The van der Waals surface area contributed by atoms with E-state index >= 15 is 0 Å². The van der Waals surface area contributed by atoms with Gasteiger partial charge < -0.3 is 14.4 Å². The summed E-state index contributed by atoms with van der Waals surface area (Å²) in [6, 6.07) is 5.18. The van der Waals surface area contributed by atoms with Gasteiger partial charge in [0.1, 0.15) is 5.75 Å². The second kappa shape index (κ2) is 5.16. The molecule has 0 bridgehead atoms. The van der Waals surface area contributed by atoms with E-state index in [0.29, 0.717) is 28.1 Å². The Kier molecular flexibility index (Phi) is 3.61. The van der Waals surface area contributed by atoms with Crippen LogP contribution < -0.4 is 4.74 Å². The van der Waals surface area contributed by atoms with E-state index in [1.54, 1.807) is 25.1 Å². The van der Waals surface area contributed by atoms with Gasteiger partial charge in [0, 0.05) is 12.5 Å². The van der Waals surface area contributed by atoms with Crippen LogP contribution >= 0.6 is 11.6 Å². The summed E-state index contributed by atoms with van der Waals surface area (Å²) in [7, 11) is 0. The second-order valence-corrected chi connectivity index (χ2v) is 3.81. The lowest BCUT2D eigenvalue weighted by molar-refractivity contribution is 0.253. The molecule has 0 atom stereocenters. The summed E-state index contributed by atoms with van der Waals surface area (Å²) in [5.41, 5.74) is 0.623. The van der Waals surface area contributed by atoms with E-state index in [1.807, 2.05) is 0 Å². The van der Waals surface area contributed by atoms with Crippen LogP contribution in [0.5, 0.6) is 5.75 Å². The Bertz CT molecular complexity index is 513. The van der Waals surface area contributed by atoms with Crippen LogP contribution in [0, 0.1) is 6.92 Å². The lowest BCUT2D eigenvalue weighted by Gasteiger charge is -2.09. The van der Waals surface area contributed by atoms with Crippen molar-refractivity contribution in [2.75, 3.05) is 0 Å². The number of halogens is 1. The van der Waals surface area contributed by atoms with Crippen molar-refractivity contribution < 1.29 is 14.4 Å². The first-order chi connectivity index (χ1) is 8.20. The fourth-order valence-corrected chi connectivity index (χ4v) is 1.62. The van der Waals surface area contributed by atoms with Gasteiger partial charge in [-0.05, 0) is 6.07 Å². The number of hydrogen-bond donors (Lipinski definition) is 1. The maximum Gasteiger partial charge on any atom is 0.223 e. The van der Waals surface area contributed by atoms with Crippen molar-refractivity contribution in [3.8, 4) is 5.75 Å². The fourth-order valence-electron chi connectivity index (χ4n) is 1.38. The smallest absolute Gasteiger partial charge is 0.223 e. The average molecular weight is 255 g/mol. The highest BCUT2D eigenvalue weighted by atomic mass is 35.5. The summed E-state index contributed by atoms with van der Waals surface area (Å²) < 4.78 is 10.3. The highest BCUT2D eigenvalue weighted by Crippen LogP contribution is 2.29. The predicted molar refractivity (Wildman–Crippen MR) is 60.7 cm³/mol. The summed E-state index contributed by atoms with van der Waals surface area (Å²) in [5.74, 6) is 1.36. The van der Waals surface area contributed by atoms with Gasteiger partial charge in [-0.25, -0.2) is 0 Å². The number of aryl methyl sites for hydroxylation is 1. The molecule has 0 fully saturated rings. The van der Waals surface area contributed by atoms with Crippen molar-refractivity contribution in [1.82, 2.24) is 10.1 Å². The number of aromatic nitrogens is 2.